The van der Waals surface area contributed by atoms with Crippen LogP contribution >= 0.6 is 0 Å². The lowest BCUT2D eigenvalue weighted by atomic mass is 9.93. The molecule has 0 unspecified atom stereocenters. The standard InChI is InChI=1S/C34H36N6O6/c1-20-18-38-15-14-24(20)40-25-11-6-5-10-23(25)35-33(40)45-21-17-26(32(41)42)39(19-21)31-30-29(22-9-4-7-12-27(22)46-30)36-28(37-31)13-3-2-8-16-44-34(38)43/h4-7,9-12,20-21,24,26H,2-3,8,13-19H2,1H3,(H,41,42)/t20-,21+,24-,26+/m1/s1. The molecule has 0 spiro atoms. The van der Waals surface area contributed by atoms with Crippen molar-refractivity contribution < 1.29 is 28.6 Å². The van der Waals surface area contributed by atoms with E-state index in [1.165, 1.54) is 0 Å². The summed E-state index contributed by atoms with van der Waals surface area (Å²) in [5.41, 5.74) is 3.56. The summed E-state index contributed by atoms with van der Waals surface area (Å²) in [5, 5.41) is 11.3. The smallest absolute Gasteiger partial charge is 0.409 e. The van der Waals surface area contributed by atoms with Crippen LogP contribution in [0.2, 0.25) is 0 Å². The van der Waals surface area contributed by atoms with Crippen molar-refractivity contribution in [3.63, 3.8) is 0 Å². The van der Waals surface area contributed by atoms with E-state index in [2.05, 4.69) is 11.5 Å². The van der Waals surface area contributed by atoms with Crippen LogP contribution in [0.4, 0.5) is 10.6 Å². The van der Waals surface area contributed by atoms with Crippen molar-refractivity contribution in [1.29, 1.82) is 0 Å². The molecule has 4 aliphatic heterocycles. The molecule has 0 aliphatic carbocycles. The third-order valence-corrected chi connectivity index (χ3v) is 9.62. The number of amides is 1. The summed E-state index contributed by atoms with van der Waals surface area (Å²) in [6.45, 7) is 3.91. The number of aromatic nitrogens is 4. The Labute approximate surface area is 264 Å². The quantitative estimate of drug-likeness (QED) is 0.252. The summed E-state index contributed by atoms with van der Waals surface area (Å²) >= 11 is 0. The number of para-hydroxylation sites is 3. The zero-order valence-corrected chi connectivity index (χ0v) is 25.7. The van der Waals surface area contributed by atoms with Gasteiger partial charge in [-0.25, -0.2) is 19.6 Å². The number of carbonyl (C=O) groups is 2. The minimum Gasteiger partial charge on any atom is -0.480 e. The maximum atomic E-state index is 13.0. The minimum atomic E-state index is -0.951. The van der Waals surface area contributed by atoms with Crippen molar-refractivity contribution in [2.75, 3.05) is 31.1 Å². The van der Waals surface area contributed by atoms with Crippen LogP contribution < -0.4 is 9.64 Å². The van der Waals surface area contributed by atoms with Gasteiger partial charge in [0.1, 0.15) is 29.1 Å². The fourth-order valence-corrected chi connectivity index (χ4v) is 7.35. The lowest BCUT2D eigenvalue weighted by Crippen LogP contribution is -2.44. The SMILES string of the molecule is C[C@@H]1CN2CC[C@H]1n1c(nc3ccccc31)O[C@H]1C[C@@H](C(=O)O)N(C1)c1nc(nc3c1oc1ccccc13)CCCCCOC2=O. The molecule has 6 bridgehead atoms. The van der Waals surface area contributed by atoms with Crippen molar-refractivity contribution in [1.82, 2.24) is 24.4 Å². The number of carboxylic acids is 1. The number of benzene rings is 2. The van der Waals surface area contributed by atoms with Crippen LogP contribution in [-0.4, -0.2) is 80.0 Å². The molecule has 2 saturated heterocycles. The zero-order valence-electron chi connectivity index (χ0n) is 25.7. The Balaban J connectivity index is 1.23. The van der Waals surface area contributed by atoms with Crippen LogP contribution in [-0.2, 0) is 16.0 Å². The third-order valence-electron chi connectivity index (χ3n) is 9.62. The summed E-state index contributed by atoms with van der Waals surface area (Å²) in [5.74, 6) is 0.244. The second-order valence-electron chi connectivity index (χ2n) is 12.7. The van der Waals surface area contributed by atoms with Gasteiger partial charge in [0.25, 0.3) is 6.01 Å². The number of furan rings is 1. The van der Waals surface area contributed by atoms with Gasteiger partial charge in [0.15, 0.2) is 11.4 Å². The van der Waals surface area contributed by atoms with E-state index in [9.17, 15) is 14.7 Å². The van der Waals surface area contributed by atoms with E-state index < -0.39 is 18.1 Å². The molecular weight excluding hydrogens is 588 g/mol. The molecule has 9 rings (SSSR count). The van der Waals surface area contributed by atoms with Crippen LogP contribution in [0.15, 0.2) is 52.9 Å². The third kappa shape index (κ3) is 4.96. The lowest BCUT2D eigenvalue weighted by Gasteiger charge is -2.37. The maximum Gasteiger partial charge on any atom is 0.409 e. The first-order valence-electron chi connectivity index (χ1n) is 16.2. The zero-order chi connectivity index (χ0) is 31.4. The van der Waals surface area contributed by atoms with E-state index in [0.29, 0.717) is 67.0 Å². The molecule has 1 amide bonds. The molecule has 46 heavy (non-hydrogen) atoms. The van der Waals surface area contributed by atoms with Crippen LogP contribution in [0.25, 0.3) is 33.1 Å². The molecule has 4 atom stereocenters. The molecule has 1 N–H and O–H groups in total. The number of aliphatic carboxylic acids is 1. The molecule has 0 radical (unpaired) electrons. The van der Waals surface area contributed by atoms with Gasteiger partial charge >= 0.3 is 12.1 Å². The van der Waals surface area contributed by atoms with Crippen molar-refractivity contribution in [2.24, 2.45) is 5.92 Å². The Morgan fingerprint density at radius 3 is 2.72 bits per heavy atom. The first-order chi connectivity index (χ1) is 22.4. The van der Waals surface area contributed by atoms with Gasteiger partial charge in [-0.05, 0) is 55.9 Å². The number of anilines is 1. The van der Waals surface area contributed by atoms with E-state index >= 15 is 0 Å². The molecule has 3 aromatic heterocycles. The average molecular weight is 625 g/mol. The number of hydrogen-bond acceptors (Lipinski definition) is 9. The number of imidazole rings is 1. The first-order valence-corrected chi connectivity index (χ1v) is 16.2. The Bertz CT molecular complexity index is 1950. The number of hydrogen-bond donors (Lipinski definition) is 1. The van der Waals surface area contributed by atoms with Crippen LogP contribution in [0.3, 0.4) is 0 Å². The molecular formula is C34H36N6O6. The number of rotatable bonds is 1. The number of ether oxygens (including phenoxy) is 2. The highest BCUT2D eigenvalue weighted by atomic mass is 16.6. The van der Waals surface area contributed by atoms with Gasteiger partial charge in [-0.1, -0.05) is 31.2 Å². The van der Waals surface area contributed by atoms with Gasteiger partial charge in [-0.2, -0.15) is 4.98 Å². The monoisotopic (exact) mass is 624 g/mol. The normalized spacial score (nSPS) is 24.2. The molecule has 5 aromatic rings. The highest BCUT2D eigenvalue weighted by Gasteiger charge is 2.42. The average Bonchev–Trinajstić information content (AvgIpc) is 3.75. The summed E-state index contributed by atoms with van der Waals surface area (Å²) in [4.78, 5) is 44.0. The Kier molecular flexibility index (Phi) is 7.14. The van der Waals surface area contributed by atoms with Gasteiger partial charge in [-0.15, -0.1) is 0 Å². The van der Waals surface area contributed by atoms with E-state index in [-0.39, 0.29) is 24.5 Å². The number of fused-ring (bicyclic) bond motifs is 12. The fraction of sp³-hybridized carbons (Fsp3) is 0.441. The topological polar surface area (TPSA) is 136 Å². The number of aryl methyl sites for hydroxylation is 1. The first kappa shape index (κ1) is 28.6. The molecule has 2 aromatic carbocycles. The van der Waals surface area contributed by atoms with Gasteiger partial charge < -0.3 is 28.8 Å². The lowest BCUT2D eigenvalue weighted by molar-refractivity contribution is -0.138. The number of carboxylic acid groups (broad SMARTS) is 1. The largest absolute Gasteiger partial charge is 0.480 e. The van der Waals surface area contributed by atoms with Gasteiger partial charge in [0, 0.05) is 37.4 Å². The van der Waals surface area contributed by atoms with Gasteiger partial charge in [-0.3, -0.25) is 4.57 Å². The van der Waals surface area contributed by atoms with Crippen molar-refractivity contribution in [3.05, 3.63) is 54.4 Å². The molecule has 4 aliphatic rings. The highest BCUT2D eigenvalue weighted by Crippen LogP contribution is 2.39. The van der Waals surface area contributed by atoms with Crippen molar-refractivity contribution >= 4 is 51.0 Å². The molecule has 0 saturated carbocycles. The second kappa shape index (κ2) is 11.5. The van der Waals surface area contributed by atoms with E-state index in [1.807, 2.05) is 48.5 Å². The number of piperidine rings is 1. The van der Waals surface area contributed by atoms with Gasteiger partial charge in [0.2, 0.25) is 0 Å². The minimum absolute atomic E-state index is 0.0319. The Morgan fingerprint density at radius 2 is 1.85 bits per heavy atom. The Hall–Kier alpha value is -4.87. The fourth-order valence-electron chi connectivity index (χ4n) is 7.35. The molecule has 12 heteroatoms. The van der Waals surface area contributed by atoms with Crippen LogP contribution in [0.1, 0.15) is 50.9 Å². The summed E-state index contributed by atoms with van der Waals surface area (Å²) in [7, 11) is 0. The molecule has 2 fully saturated rings. The Morgan fingerprint density at radius 1 is 1.00 bits per heavy atom. The highest BCUT2D eigenvalue weighted by molar-refractivity contribution is 6.06. The maximum absolute atomic E-state index is 13.0. The summed E-state index contributed by atoms with van der Waals surface area (Å²) < 4.78 is 20.8. The number of carbonyl (C=O) groups excluding carboxylic acids is 1. The predicted molar refractivity (Wildman–Crippen MR) is 170 cm³/mol. The summed E-state index contributed by atoms with van der Waals surface area (Å²) in [6.07, 6.45) is 3.19. The van der Waals surface area contributed by atoms with Crippen LogP contribution in [0, 0.1) is 5.92 Å². The predicted octanol–water partition coefficient (Wildman–Crippen LogP) is 5.58. The molecule has 12 nitrogen and oxygen atoms in total. The van der Waals surface area contributed by atoms with E-state index in [0.717, 1.165) is 42.1 Å². The molecule has 7 heterocycles. The van der Waals surface area contributed by atoms with Crippen LogP contribution in [0.5, 0.6) is 6.01 Å². The van der Waals surface area contributed by atoms with Gasteiger partial charge in [0.05, 0.1) is 24.2 Å². The van der Waals surface area contributed by atoms with Crippen molar-refractivity contribution in [3.8, 4) is 6.01 Å². The summed E-state index contributed by atoms with van der Waals surface area (Å²) in [6, 6.07) is 15.2. The van der Waals surface area contributed by atoms with E-state index in [4.69, 9.17) is 28.8 Å². The molecule has 238 valence electrons. The van der Waals surface area contributed by atoms with E-state index in [1.54, 1.807) is 9.80 Å². The number of nitrogens with zero attached hydrogens (tertiary/aromatic N) is 6. The second-order valence-corrected chi connectivity index (χ2v) is 12.7. The van der Waals surface area contributed by atoms with Crippen molar-refractivity contribution in [2.45, 2.75) is 63.6 Å².